The van der Waals surface area contributed by atoms with Crippen LogP contribution in [0.5, 0.6) is 0 Å². The fourth-order valence-electron chi connectivity index (χ4n) is 1.70. The number of hydrogen-bond acceptors (Lipinski definition) is 4. The molecule has 0 aromatic heterocycles. The summed E-state index contributed by atoms with van der Waals surface area (Å²) >= 11 is 0. The molecule has 0 aliphatic carbocycles. The molecule has 0 N–H and O–H groups in total. The molecule has 2 rings (SSSR count). The van der Waals surface area contributed by atoms with Crippen LogP contribution in [0.4, 0.5) is 4.39 Å². The predicted octanol–water partition coefficient (Wildman–Crippen LogP) is 0.805. The van der Waals surface area contributed by atoms with Gasteiger partial charge in [-0.25, -0.2) is 4.39 Å². The van der Waals surface area contributed by atoms with Gasteiger partial charge in [0.05, 0.1) is 0 Å². The first-order valence-electron chi connectivity index (χ1n) is 4.21. The van der Waals surface area contributed by atoms with E-state index >= 15 is 0 Å². The number of halogens is 1. The lowest BCUT2D eigenvalue weighted by atomic mass is 10.2. The van der Waals surface area contributed by atoms with Gasteiger partial charge in [0.2, 0.25) is 6.36 Å². The van der Waals surface area contributed by atoms with Crippen LogP contribution in [0.25, 0.3) is 0 Å². The Labute approximate surface area is 75.9 Å². The third-order valence-electron chi connectivity index (χ3n) is 2.19. The second-order valence-electron chi connectivity index (χ2n) is 3.66. The van der Waals surface area contributed by atoms with Crippen molar-refractivity contribution < 1.29 is 23.3 Å². The zero-order chi connectivity index (χ0) is 9.64. The van der Waals surface area contributed by atoms with Crippen molar-refractivity contribution in [2.45, 2.75) is 44.5 Å². The van der Waals surface area contributed by atoms with Gasteiger partial charge >= 0.3 is 0 Å². The molecule has 0 bridgehead atoms. The van der Waals surface area contributed by atoms with E-state index in [1.807, 2.05) is 0 Å². The van der Waals surface area contributed by atoms with E-state index in [9.17, 15) is 4.39 Å². The zero-order valence-electron chi connectivity index (χ0n) is 7.82. The summed E-state index contributed by atoms with van der Waals surface area (Å²) in [4.78, 5) is 0. The van der Waals surface area contributed by atoms with Crippen LogP contribution >= 0.6 is 0 Å². The average Bonchev–Trinajstić information content (AvgIpc) is 2.47. The van der Waals surface area contributed by atoms with Crippen LogP contribution < -0.4 is 0 Å². The molecule has 2 saturated heterocycles. The second-order valence-corrected chi connectivity index (χ2v) is 3.66. The SMILES string of the molecule is CO[C@@H]1OC(F)[C@H]2OC(C)(C)O[C@@H]12. The van der Waals surface area contributed by atoms with Crippen LogP contribution in [0.15, 0.2) is 0 Å². The Morgan fingerprint density at radius 3 is 2.46 bits per heavy atom. The van der Waals surface area contributed by atoms with Crippen molar-refractivity contribution >= 4 is 0 Å². The normalized spacial score (nSPS) is 48.0. The van der Waals surface area contributed by atoms with Gasteiger partial charge in [-0.2, -0.15) is 0 Å². The van der Waals surface area contributed by atoms with Crippen molar-refractivity contribution in [3.63, 3.8) is 0 Å². The summed E-state index contributed by atoms with van der Waals surface area (Å²) in [6.07, 6.45) is -3.26. The van der Waals surface area contributed by atoms with Crippen molar-refractivity contribution in [2.75, 3.05) is 7.11 Å². The van der Waals surface area contributed by atoms with Gasteiger partial charge in [-0.1, -0.05) is 0 Å². The van der Waals surface area contributed by atoms with Crippen molar-refractivity contribution in [3.05, 3.63) is 0 Å². The number of alkyl halides is 1. The predicted molar refractivity (Wildman–Crippen MR) is 40.6 cm³/mol. The molecular weight excluding hydrogens is 179 g/mol. The monoisotopic (exact) mass is 192 g/mol. The molecule has 2 aliphatic rings. The van der Waals surface area contributed by atoms with Gasteiger partial charge in [-0.05, 0) is 13.8 Å². The Hall–Kier alpha value is -0.230. The maximum absolute atomic E-state index is 13.2. The minimum atomic E-state index is -1.46. The Kier molecular flexibility index (Phi) is 2.07. The summed E-state index contributed by atoms with van der Waals surface area (Å²) < 4.78 is 33.7. The van der Waals surface area contributed by atoms with Crippen LogP contribution in [0, 0.1) is 0 Å². The Morgan fingerprint density at radius 2 is 1.85 bits per heavy atom. The third kappa shape index (κ3) is 1.46. The van der Waals surface area contributed by atoms with Gasteiger partial charge in [0.1, 0.15) is 12.2 Å². The fourth-order valence-corrected chi connectivity index (χ4v) is 1.70. The van der Waals surface area contributed by atoms with E-state index in [0.717, 1.165) is 0 Å². The molecule has 76 valence electrons. The molecule has 2 fully saturated rings. The number of hydrogen-bond donors (Lipinski definition) is 0. The quantitative estimate of drug-likeness (QED) is 0.616. The lowest BCUT2D eigenvalue weighted by Gasteiger charge is -2.21. The molecule has 0 aromatic carbocycles. The fraction of sp³-hybridized carbons (Fsp3) is 1.00. The van der Waals surface area contributed by atoms with Crippen LogP contribution in [0.2, 0.25) is 0 Å². The van der Waals surface area contributed by atoms with Crippen molar-refractivity contribution in [2.24, 2.45) is 0 Å². The third-order valence-corrected chi connectivity index (χ3v) is 2.19. The maximum atomic E-state index is 13.2. The van der Waals surface area contributed by atoms with E-state index in [2.05, 4.69) is 0 Å². The van der Waals surface area contributed by atoms with Crippen LogP contribution in [0.3, 0.4) is 0 Å². The minimum Gasteiger partial charge on any atom is -0.353 e. The summed E-state index contributed by atoms with van der Waals surface area (Å²) in [7, 11) is 1.45. The van der Waals surface area contributed by atoms with Gasteiger partial charge in [0, 0.05) is 7.11 Å². The molecule has 2 heterocycles. The van der Waals surface area contributed by atoms with E-state index in [1.165, 1.54) is 7.11 Å². The first-order valence-corrected chi connectivity index (χ1v) is 4.21. The summed E-state index contributed by atoms with van der Waals surface area (Å²) in [5, 5.41) is 0. The molecule has 5 heteroatoms. The number of fused-ring (bicyclic) bond motifs is 1. The van der Waals surface area contributed by atoms with E-state index in [0.29, 0.717) is 0 Å². The van der Waals surface area contributed by atoms with E-state index in [4.69, 9.17) is 18.9 Å². The molecule has 0 saturated carbocycles. The standard InChI is InChI=1S/C8H13FO4/c1-8(2)12-4-5(13-8)7(10-3)11-6(4)9/h4-7H,1-3H3/t4-,5+,6?,7+/m0/s1. The zero-order valence-corrected chi connectivity index (χ0v) is 7.82. The summed E-state index contributed by atoms with van der Waals surface area (Å²) in [5.41, 5.74) is 0. The number of rotatable bonds is 1. The molecule has 0 radical (unpaired) electrons. The van der Waals surface area contributed by atoms with Crippen molar-refractivity contribution in [1.29, 1.82) is 0 Å². The van der Waals surface area contributed by atoms with E-state index < -0.39 is 30.6 Å². The topological polar surface area (TPSA) is 36.9 Å². The molecule has 0 aromatic rings. The largest absolute Gasteiger partial charge is 0.353 e. The molecule has 4 atom stereocenters. The highest BCUT2D eigenvalue weighted by Crippen LogP contribution is 2.39. The van der Waals surface area contributed by atoms with Crippen molar-refractivity contribution in [3.8, 4) is 0 Å². The summed E-state index contributed by atoms with van der Waals surface area (Å²) in [6, 6.07) is 0. The second kappa shape index (κ2) is 2.88. The molecule has 0 amide bonds. The van der Waals surface area contributed by atoms with Crippen molar-refractivity contribution in [1.82, 2.24) is 0 Å². The highest BCUT2D eigenvalue weighted by Gasteiger charge is 2.56. The van der Waals surface area contributed by atoms with Gasteiger partial charge in [0.15, 0.2) is 12.1 Å². The average molecular weight is 192 g/mol. The molecular formula is C8H13FO4. The molecule has 4 nitrogen and oxygen atoms in total. The summed E-state index contributed by atoms with van der Waals surface area (Å²) in [5.74, 6) is -0.750. The van der Waals surface area contributed by atoms with Crippen LogP contribution in [0.1, 0.15) is 13.8 Å². The highest BCUT2D eigenvalue weighted by molar-refractivity contribution is 4.90. The Bertz CT molecular complexity index is 208. The maximum Gasteiger partial charge on any atom is 0.230 e. The number of methoxy groups -OCH3 is 1. The first kappa shape index (κ1) is 9.33. The molecule has 2 aliphatic heterocycles. The lowest BCUT2D eigenvalue weighted by molar-refractivity contribution is -0.244. The smallest absolute Gasteiger partial charge is 0.230 e. The highest BCUT2D eigenvalue weighted by atomic mass is 19.1. The Morgan fingerprint density at radius 1 is 1.23 bits per heavy atom. The van der Waals surface area contributed by atoms with E-state index in [1.54, 1.807) is 13.8 Å². The molecule has 13 heavy (non-hydrogen) atoms. The van der Waals surface area contributed by atoms with Gasteiger partial charge in [-0.3, -0.25) is 0 Å². The first-order chi connectivity index (χ1) is 6.03. The molecule has 0 spiro atoms. The minimum absolute atomic E-state index is 0.463. The van der Waals surface area contributed by atoms with Gasteiger partial charge < -0.3 is 18.9 Å². The molecule has 1 unspecified atom stereocenters. The van der Waals surface area contributed by atoms with E-state index in [-0.39, 0.29) is 0 Å². The lowest BCUT2D eigenvalue weighted by Crippen LogP contribution is -2.30. The summed E-state index contributed by atoms with van der Waals surface area (Å²) in [6.45, 7) is 3.48. The Balaban J connectivity index is 2.12. The van der Waals surface area contributed by atoms with Crippen LogP contribution in [-0.2, 0) is 18.9 Å². The van der Waals surface area contributed by atoms with Gasteiger partial charge in [0.25, 0.3) is 0 Å². The number of ether oxygens (including phenoxy) is 4. The van der Waals surface area contributed by atoms with Gasteiger partial charge in [-0.15, -0.1) is 0 Å². The van der Waals surface area contributed by atoms with Crippen LogP contribution in [-0.4, -0.2) is 37.8 Å².